The van der Waals surface area contributed by atoms with E-state index in [0.29, 0.717) is 22.2 Å². The van der Waals surface area contributed by atoms with Crippen molar-refractivity contribution in [3.63, 3.8) is 0 Å². The fourth-order valence-corrected chi connectivity index (χ4v) is 3.81. The number of nitrogens with one attached hydrogen (secondary N) is 2. The average molecular weight is 518 g/mol. The second kappa shape index (κ2) is 10.5. The molecule has 0 saturated heterocycles. The number of H-pyrrole nitrogens is 1. The van der Waals surface area contributed by atoms with Crippen molar-refractivity contribution in [3.05, 3.63) is 64.4 Å². The molecule has 184 valence electrons. The molecule has 1 aliphatic rings. The molecule has 1 saturated carbocycles. The van der Waals surface area contributed by atoms with Crippen molar-refractivity contribution in [2.75, 3.05) is 12.4 Å². The number of hydrogen-bond acceptors (Lipinski definition) is 8. The second-order valence-electron chi connectivity index (χ2n) is 7.87. The summed E-state index contributed by atoms with van der Waals surface area (Å²) in [4.78, 5) is 21.3. The summed E-state index contributed by atoms with van der Waals surface area (Å²) in [5, 5.41) is 17.9. The highest BCUT2D eigenvalue weighted by molar-refractivity contribution is 7.15. The van der Waals surface area contributed by atoms with E-state index >= 15 is 0 Å². The van der Waals surface area contributed by atoms with Crippen LogP contribution in [0.25, 0.3) is 11.1 Å². The lowest BCUT2D eigenvalue weighted by Gasteiger charge is -2.14. The van der Waals surface area contributed by atoms with Gasteiger partial charge in [0.25, 0.3) is 12.3 Å². The van der Waals surface area contributed by atoms with E-state index in [-0.39, 0.29) is 27.6 Å². The molecule has 1 amide bonds. The lowest BCUT2D eigenvalue weighted by Crippen LogP contribution is -2.14. The maximum absolute atomic E-state index is 13.5. The lowest BCUT2D eigenvalue weighted by atomic mass is 9.99. The Balaban J connectivity index is 1.53. The van der Waals surface area contributed by atoms with Crippen molar-refractivity contribution < 1.29 is 18.3 Å². The zero-order chi connectivity index (χ0) is 25.8. The number of halogens is 2. The average Bonchev–Trinajstić information content (AvgIpc) is 3.38. The third-order valence-corrected chi connectivity index (χ3v) is 5.96. The molecular formula is C25H17F2N7O2S. The molecule has 0 spiro atoms. The van der Waals surface area contributed by atoms with Gasteiger partial charge in [0, 0.05) is 29.4 Å². The lowest BCUT2D eigenvalue weighted by molar-refractivity contribution is 0.102. The number of methoxy groups -OCH3 is 1. The Morgan fingerprint density at radius 1 is 1.14 bits per heavy atom. The van der Waals surface area contributed by atoms with Crippen LogP contribution in [-0.4, -0.2) is 43.4 Å². The number of alkyl halides is 2. The number of anilines is 1. The fourth-order valence-electron chi connectivity index (χ4n) is 3.21. The molecule has 0 radical (unpaired) electrons. The van der Waals surface area contributed by atoms with E-state index in [1.165, 1.54) is 31.6 Å². The van der Waals surface area contributed by atoms with Crippen LogP contribution in [0.3, 0.4) is 0 Å². The van der Waals surface area contributed by atoms with Gasteiger partial charge in [-0.15, -0.1) is 10.2 Å². The smallest absolute Gasteiger partial charge is 0.280 e. The summed E-state index contributed by atoms with van der Waals surface area (Å²) < 4.78 is 32.3. The molecule has 1 aliphatic carbocycles. The zero-order valence-corrected chi connectivity index (χ0v) is 20.1. The largest absolute Gasteiger partial charge is 0.494 e. The summed E-state index contributed by atoms with van der Waals surface area (Å²) in [5.41, 5.74) is 1.08. The van der Waals surface area contributed by atoms with E-state index in [1.54, 1.807) is 12.4 Å². The third kappa shape index (κ3) is 5.77. The summed E-state index contributed by atoms with van der Waals surface area (Å²) in [6.45, 7) is 0. The van der Waals surface area contributed by atoms with Crippen LogP contribution in [0.5, 0.6) is 5.75 Å². The van der Waals surface area contributed by atoms with Crippen molar-refractivity contribution in [1.82, 2.24) is 30.4 Å². The molecule has 4 aromatic heterocycles. The number of aromatic amines is 1. The normalized spacial score (nSPS) is 12.3. The minimum Gasteiger partial charge on any atom is -0.494 e. The first-order valence-corrected chi connectivity index (χ1v) is 11.8. The van der Waals surface area contributed by atoms with Crippen molar-refractivity contribution in [2.45, 2.75) is 19.3 Å². The number of aromatic nitrogens is 6. The van der Waals surface area contributed by atoms with Crippen LogP contribution in [-0.2, 0) is 0 Å². The predicted octanol–water partition coefficient (Wildman–Crippen LogP) is 4.08. The van der Waals surface area contributed by atoms with Gasteiger partial charge in [-0.05, 0) is 36.8 Å². The van der Waals surface area contributed by atoms with Crippen molar-refractivity contribution >= 4 is 22.4 Å². The molecular weight excluding hydrogens is 500 g/mol. The number of carbonyl (C=O) groups is 1. The predicted molar refractivity (Wildman–Crippen MR) is 131 cm³/mol. The van der Waals surface area contributed by atoms with Gasteiger partial charge in [-0.2, -0.15) is 5.10 Å². The minimum atomic E-state index is -2.82. The Hall–Kier alpha value is -4.68. The fraction of sp³-hybridized carbons (Fsp3) is 0.200. The molecule has 4 aromatic rings. The maximum atomic E-state index is 13.5. The Labute approximate surface area is 213 Å². The molecule has 4 heterocycles. The van der Waals surface area contributed by atoms with Gasteiger partial charge < -0.3 is 4.74 Å². The standard InChI is InChI=1S/C25H17F2N7O2S/c1-36-21-13-29-20(23(26)27)9-18(21)17-8-16(6-4-15-10-30-31-11-15)28-12-19(17)24(35)32-25-34-33-22(37-25)7-5-14-2-3-14/h8-14,23H,2-3H2,1H3,(H,30,31)(H,32,34,35). The zero-order valence-electron chi connectivity index (χ0n) is 19.2. The van der Waals surface area contributed by atoms with Crippen LogP contribution in [0.15, 0.2) is 36.9 Å². The molecule has 37 heavy (non-hydrogen) atoms. The topological polar surface area (TPSA) is 119 Å². The number of carbonyl (C=O) groups excluding carboxylic acids is 1. The van der Waals surface area contributed by atoms with Crippen LogP contribution in [0, 0.1) is 29.6 Å². The van der Waals surface area contributed by atoms with Crippen LogP contribution < -0.4 is 10.1 Å². The first kappa shape index (κ1) is 24.0. The van der Waals surface area contributed by atoms with E-state index < -0.39 is 18.0 Å². The number of amides is 1. The number of ether oxygens (including phenoxy) is 1. The van der Waals surface area contributed by atoms with E-state index in [0.717, 1.165) is 24.2 Å². The molecule has 9 nitrogen and oxygen atoms in total. The molecule has 5 rings (SSSR count). The van der Waals surface area contributed by atoms with Gasteiger partial charge in [0.05, 0.1) is 30.6 Å². The first-order chi connectivity index (χ1) is 18.0. The highest BCUT2D eigenvalue weighted by Gasteiger charge is 2.22. The molecule has 12 heteroatoms. The minimum absolute atomic E-state index is 0.0967. The summed E-state index contributed by atoms with van der Waals surface area (Å²) in [6.07, 6.45) is 5.01. The molecule has 0 aromatic carbocycles. The van der Waals surface area contributed by atoms with Gasteiger partial charge in [-0.1, -0.05) is 23.2 Å². The quantitative estimate of drug-likeness (QED) is 0.383. The summed E-state index contributed by atoms with van der Waals surface area (Å²) in [5.74, 6) is 11.9. The van der Waals surface area contributed by atoms with Gasteiger partial charge in [0.1, 0.15) is 17.1 Å². The highest BCUT2D eigenvalue weighted by Crippen LogP contribution is 2.35. The SMILES string of the molecule is COc1cnc(C(F)F)cc1-c1cc(C#Cc2cn[nH]c2)ncc1C(=O)Nc1nnc(C#CC2CC2)s1. The van der Waals surface area contributed by atoms with Crippen molar-refractivity contribution in [2.24, 2.45) is 5.92 Å². The van der Waals surface area contributed by atoms with Crippen LogP contribution in [0.4, 0.5) is 13.9 Å². The molecule has 0 atom stereocenters. The van der Waals surface area contributed by atoms with Crippen LogP contribution in [0.2, 0.25) is 0 Å². The molecule has 0 aliphatic heterocycles. The third-order valence-electron chi connectivity index (χ3n) is 5.21. The Bertz CT molecular complexity index is 1580. The van der Waals surface area contributed by atoms with E-state index in [2.05, 4.69) is 59.4 Å². The maximum Gasteiger partial charge on any atom is 0.280 e. The number of rotatable bonds is 5. The Morgan fingerprint density at radius 3 is 2.73 bits per heavy atom. The van der Waals surface area contributed by atoms with Crippen molar-refractivity contribution in [3.8, 4) is 40.6 Å². The van der Waals surface area contributed by atoms with Gasteiger partial charge >= 0.3 is 0 Å². The van der Waals surface area contributed by atoms with Crippen LogP contribution in [0.1, 0.15) is 51.6 Å². The first-order valence-electron chi connectivity index (χ1n) is 11.0. The van der Waals surface area contributed by atoms with E-state index in [1.807, 2.05) is 0 Å². The van der Waals surface area contributed by atoms with Crippen molar-refractivity contribution in [1.29, 1.82) is 0 Å². The van der Waals surface area contributed by atoms with Crippen LogP contribution >= 0.6 is 11.3 Å². The summed E-state index contributed by atoms with van der Waals surface area (Å²) in [6, 6.07) is 2.71. The molecule has 0 bridgehead atoms. The summed E-state index contributed by atoms with van der Waals surface area (Å²) in [7, 11) is 1.38. The highest BCUT2D eigenvalue weighted by atomic mass is 32.1. The second-order valence-corrected chi connectivity index (χ2v) is 8.85. The molecule has 2 N–H and O–H groups in total. The molecule has 0 unspecified atom stereocenters. The summed E-state index contributed by atoms with van der Waals surface area (Å²) >= 11 is 1.14. The van der Waals surface area contributed by atoms with E-state index in [4.69, 9.17) is 4.74 Å². The van der Waals surface area contributed by atoms with E-state index in [9.17, 15) is 13.6 Å². The Morgan fingerprint density at radius 2 is 2.00 bits per heavy atom. The van der Waals surface area contributed by atoms with Gasteiger partial charge in [0.2, 0.25) is 5.13 Å². The Kier molecular flexibility index (Phi) is 6.83. The number of pyridine rings is 2. The van der Waals surface area contributed by atoms with Gasteiger partial charge in [0.15, 0.2) is 5.01 Å². The number of hydrogen-bond donors (Lipinski definition) is 2. The van der Waals surface area contributed by atoms with Gasteiger partial charge in [-0.3, -0.25) is 20.2 Å². The molecule has 1 fully saturated rings. The van der Waals surface area contributed by atoms with Gasteiger partial charge in [-0.25, -0.2) is 13.8 Å². The number of nitrogens with zero attached hydrogens (tertiary/aromatic N) is 5. The monoisotopic (exact) mass is 517 g/mol.